The summed E-state index contributed by atoms with van der Waals surface area (Å²) in [6, 6.07) is 12.6. The Morgan fingerprint density at radius 2 is 1.52 bits per heavy atom. The fourth-order valence-corrected chi connectivity index (χ4v) is 15.1. The number of carboxylic acid groups (broad SMARTS) is 2. The summed E-state index contributed by atoms with van der Waals surface area (Å²) in [7, 11) is 1.90. The number of carbonyl (C=O) groups excluding carboxylic acids is 3. The van der Waals surface area contributed by atoms with Crippen LogP contribution in [0.25, 0.3) is 0 Å². The Labute approximate surface area is 380 Å². The van der Waals surface area contributed by atoms with E-state index in [0.717, 1.165) is 43.2 Å². The van der Waals surface area contributed by atoms with Crippen LogP contribution in [0.2, 0.25) is 0 Å². The minimum Gasteiger partial charge on any atom is -0.481 e. The van der Waals surface area contributed by atoms with Gasteiger partial charge in [0.25, 0.3) is 11.8 Å². The maximum atomic E-state index is 14.8. The van der Waals surface area contributed by atoms with Gasteiger partial charge in [-0.25, -0.2) is 4.79 Å². The van der Waals surface area contributed by atoms with Crippen LogP contribution in [0.5, 0.6) is 0 Å². The third kappa shape index (κ3) is 8.32. The molecule has 11 unspecified atom stereocenters. The zero-order valence-corrected chi connectivity index (χ0v) is 39.3. The molecule has 11 nitrogen and oxygen atoms in total. The predicted octanol–water partition coefficient (Wildman–Crippen LogP) is 9.00. The molecule has 0 radical (unpaired) electrons. The minimum absolute atomic E-state index is 0.150. The summed E-state index contributed by atoms with van der Waals surface area (Å²) in [5.74, 6) is -0.727. The van der Waals surface area contributed by atoms with Crippen molar-refractivity contribution in [1.82, 2.24) is 16.0 Å². The normalized spacial score (nSPS) is 34.1. The average molecular weight is 880 g/mol. The van der Waals surface area contributed by atoms with Crippen molar-refractivity contribution in [3.63, 3.8) is 0 Å². The Bertz CT molecular complexity index is 2130. The topological polar surface area (TPSA) is 171 Å². The zero-order chi connectivity index (χ0) is 46.4. The molecule has 5 aliphatic rings. The van der Waals surface area contributed by atoms with Crippen molar-refractivity contribution in [2.24, 2.45) is 56.7 Å². The molecule has 5 fully saturated rings. The molecule has 7 rings (SSSR count). The van der Waals surface area contributed by atoms with Crippen LogP contribution in [-0.2, 0) is 32.1 Å². The Morgan fingerprint density at radius 1 is 0.781 bits per heavy atom. The first kappa shape index (κ1) is 47.5. The summed E-state index contributed by atoms with van der Waals surface area (Å²) >= 11 is 0. The highest BCUT2D eigenvalue weighted by Gasteiger charge is 2.72. The Morgan fingerprint density at radius 3 is 2.19 bits per heavy atom. The molecule has 11 atom stereocenters. The van der Waals surface area contributed by atoms with E-state index in [1.165, 1.54) is 49.8 Å². The quantitative estimate of drug-likeness (QED) is 0.110. The Hall–Kier alpha value is -4.51. The molecule has 11 heteroatoms. The van der Waals surface area contributed by atoms with E-state index in [4.69, 9.17) is 9.84 Å². The minimum atomic E-state index is -1.32. The fraction of sp³-hybridized carbons (Fsp3) is 0.642. The lowest BCUT2D eigenvalue weighted by molar-refractivity contribution is -0.248. The molecule has 0 heterocycles. The average Bonchev–Trinajstić information content (AvgIpc) is 3.66. The van der Waals surface area contributed by atoms with Gasteiger partial charge >= 0.3 is 11.9 Å². The van der Waals surface area contributed by atoms with E-state index in [-0.39, 0.29) is 64.3 Å². The Kier molecular flexibility index (Phi) is 13.4. The standard InChI is InChI=1S/C53H73N3O8/c1-32(2)37-20-26-53(28-27-51(6)38(44(37)53)16-18-41-50(5)24-22-42(64-8)49(3,4)40(50)21-25-52(41,51)7)48(63)54-29-23-33-10-9-11-36(30-33)45(59)55-31-34-12-14-35(15-13-34)46(60)56-39(47(61)62)17-19-43(57)58/h9-15,30,37-42,44H,1,16-29,31H2,2-8H3,(H,54,63)(H,55,59)(H,56,60)(H,57,58)(H,61,62). The molecule has 0 spiro atoms. The van der Waals surface area contributed by atoms with Crippen LogP contribution in [0.3, 0.4) is 0 Å². The molecule has 0 saturated heterocycles. The van der Waals surface area contributed by atoms with Gasteiger partial charge in [-0.05, 0) is 171 Å². The molecular weight excluding hydrogens is 807 g/mol. The molecule has 3 amide bonds. The van der Waals surface area contributed by atoms with E-state index in [0.29, 0.717) is 48.3 Å². The van der Waals surface area contributed by atoms with Crippen LogP contribution >= 0.6 is 0 Å². The SMILES string of the molecule is C=C(C)C1CCC2(C(=O)NCCc3cccc(C(=O)NCc4ccc(C(=O)NC(CCC(=O)O)C(=O)O)cc4)c3)CCC3(C)C(CCC4C5(C)CCC(OC)C(C)(C)C5CCC43C)C12. The number of aliphatic carboxylic acids is 2. The van der Waals surface area contributed by atoms with Crippen molar-refractivity contribution in [3.05, 3.63) is 82.9 Å². The van der Waals surface area contributed by atoms with Gasteiger partial charge in [0.2, 0.25) is 5.91 Å². The van der Waals surface area contributed by atoms with Crippen LogP contribution in [0, 0.1) is 56.7 Å². The van der Waals surface area contributed by atoms with Gasteiger partial charge in [0.15, 0.2) is 0 Å². The largest absolute Gasteiger partial charge is 0.481 e. The van der Waals surface area contributed by atoms with Gasteiger partial charge in [-0.15, -0.1) is 0 Å². The first-order valence-corrected chi connectivity index (χ1v) is 23.9. The van der Waals surface area contributed by atoms with Gasteiger partial charge < -0.3 is 30.9 Å². The number of amides is 3. The lowest BCUT2D eigenvalue weighted by Crippen LogP contribution is -2.67. The molecule has 0 aliphatic heterocycles. The predicted molar refractivity (Wildman–Crippen MR) is 246 cm³/mol. The molecule has 2 aromatic carbocycles. The molecule has 5 N–H and O–H groups in total. The molecule has 2 aromatic rings. The molecule has 0 bridgehead atoms. The van der Waals surface area contributed by atoms with E-state index in [1.807, 2.05) is 25.3 Å². The molecule has 5 saturated carbocycles. The van der Waals surface area contributed by atoms with Gasteiger partial charge in [0, 0.05) is 37.7 Å². The van der Waals surface area contributed by atoms with Crippen molar-refractivity contribution in [2.75, 3.05) is 13.7 Å². The molecule has 0 aromatic heterocycles. The number of nitrogens with one attached hydrogen (secondary N) is 3. The highest BCUT2D eigenvalue weighted by atomic mass is 16.5. The van der Waals surface area contributed by atoms with Crippen LogP contribution in [0.15, 0.2) is 60.7 Å². The van der Waals surface area contributed by atoms with Gasteiger partial charge in [-0.3, -0.25) is 19.2 Å². The van der Waals surface area contributed by atoms with E-state index in [1.54, 1.807) is 18.2 Å². The van der Waals surface area contributed by atoms with Gasteiger partial charge in [0.05, 0.1) is 11.5 Å². The lowest BCUT2D eigenvalue weighted by Gasteiger charge is -2.73. The number of allylic oxidation sites excluding steroid dienone is 1. The maximum Gasteiger partial charge on any atom is 0.326 e. The summed E-state index contributed by atoms with van der Waals surface area (Å²) in [4.78, 5) is 63.1. The fourth-order valence-electron chi connectivity index (χ4n) is 15.1. The summed E-state index contributed by atoms with van der Waals surface area (Å²) in [5, 5.41) is 27.0. The number of hydrogen-bond acceptors (Lipinski definition) is 6. The second-order valence-electron chi connectivity index (χ2n) is 21.8. The second-order valence-corrected chi connectivity index (χ2v) is 21.8. The number of rotatable bonds is 15. The van der Waals surface area contributed by atoms with Gasteiger partial charge in [-0.2, -0.15) is 0 Å². The van der Waals surface area contributed by atoms with Crippen molar-refractivity contribution in [2.45, 2.75) is 144 Å². The molecule has 64 heavy (non-hydrogen) atoms. The number of carboxylic acids is 2. The van der Waals surface area contributed by atoms with Crippen molar-refractivity contribution in [3.8, 4) is 0 Å². The number of ether oxygens (including phenoxy) is 1. The zero-order valence-electron chi connectivity index (χ0n) is 39.3. The summed E-state index contributed by atoms with van der Waals surface area (Å²) in [5.41, 5.74) is 4.05. The lowest BCUT2D eigenvalue weighted by atomic mass is 9.32. The van der Waals surface area contributed by atoms with E-state index >= 15 is 0 Å². The Balaban J connectivity index is 0.970. The molecule has 5 aliphatic carbocycles. The number of carbonyl (C=O) groups is 5. The second kappa shape index (κ2) is 18.0. The van der Waals surface area contributed by atoms with E-state index in [2.05, 4.69) is 64.1 Å². The summed E-state index contributed by atoms with van der Waals surface area (Å²) in [6.45, 7) is 20.3. The highest BCUT2D eigenvalue weighted by Crippen LogP contribution is 2.77. The summed E-state index contributed by atoms with van der Waals surface area (Å²) in [6.07, 6.45) is 11.5. The van der Waals surface area contributed by atoms with Crippen LogP contribution in [-0.4, -0.2) is 65.7 Å². The van der Waals surface area contributed by atoms with Crippen LogP contribution < -0.4 is 16.0 Å². The van der Waals surface area contributed by atoms with E-state index in [9.17, 15) is 29.1 Å². The maximum absolute atomic E-state index is 14.8. The van der Waals surface area contributed by atoms with Crippen molar-refractivity contribution >= 4 is 29.7 Å². The van der Waals surface area contributed by atoms with Crippen molar-refractivity contribution in [1.29, 1.82) is 0 Å². The summed E-state index contributed by atoms with van der Waals surface area (Å²) < 4.78 is 6.11. The molecular formula is C53H73N3O8. The highest BCUT2D eigenvalue weighted by molar-refractivity contribution is 5.97. The van der Waals surface area contributed by atoms with Crippen LogP contribution in [0.1, 0.15) is 150 Å². The van der Waals surface area contributed by atoms with Gasteiger partial charge in [0.1, 0.15) is 6.04 Å². The third-order valence-corrected chi connectivity index (χ3v) is 18.6. The molecule has 348 valence electrons. The first-order chi connectivity index (χ1) is 30.2. The van der Waals surface area contributed by atoms with Gasteiger partial charge in [-0.1, -0.05) is 71.0 Å². The monoisotopic (exact) mass is 880 g/mol. The number of methoxy groups -OCH3 is 1. The number of benzene rings is 2. The smallest absolute Gasteiger partial charge is 0.326 e. The number of hydrogen-bond donors (Lipinski definition) is 5. The first-order valence-electron chi connectivity index (χ1n) is 23.9. The van der Waals surface area contributed by atoms with Crippen LogP contribution in [0.4, 0.5) is 0 Å². The third-order valence-electron chi connectivity index (χ3n) is 18.6. The van der Waals surface area contributed by atoms with Crippen molar-refractivity contribution < 1.29 is 38.9 Å². The number of fused-ring (bicyclic) bond motifs is 7. The van der Waals surface area contributed by atoms with E-state index < -0.39 is 29.3 Å².